The Balaban J connectivity index is 1.63. The molecule has 1 aromatic heterocycles. The van der Waals surface area contributed by atoms with Gasteiger partial charge in [0.05, 0.1) is 29.1 Å². The number of alkyl halides is 2. The van der Waals surface area contributed by atoms with Crippen molar-refractivity contribution >= 4 is 16.9 Å². The summed E-state index contributed by atoms with van der Waals surface area (Å²) in [6.45, 7) is 1.43. The first-order valence-electron chi connectivity index (χ1n) is 14.1. The molecule has 4 aromatic carbocycles. The monoisotopic (exact) mass is 585 g/mol. The van der Waals surface area contributed by atoms with Gasteiger partial charge in [0, 0.05) is 36.1 Å². The van der Waals surface area contributed by atoms with Crippen LogP contribution in [0, 0.1) is 5.82 Å². The lowest BCUT2D eigenvalue weighted by molar-refractivity contribution is 0.0600. The predicted molar refractivity (Wildman–Crippen MR) is 159 cm³/mol. The number of rotatable bonds is 8. The topological polar surface area (TPSA) is 49.7 Å². The van der Waals surface area contributed by atoms with E-state index < -0.39 is 23.8 Å². The molecule has 0 saturated carbocycles. The van der Waals surface area contributed by atoms with Crippen LogP contribution in [0.2, 0.25) is 0 Å². The van der Waals surface area contributed by atoms with Gasteiger partial charge in [-0.2, -0.15) is 0 Å². The van der Waals surface area contributed by atoms with E-state index in [4.69, 9.17) is 14.2 Å². The van der Waals surface area contributed by atoms with Gasteiger partial charge >= 0.3 is 5.97 Å². The maximum absolute atomic E-state index is 14.5. The van der Waals surface area contributed by atoms with Gasteiger partial charge in [-0.3, -0.25) is 0 Å². The van der Waals surface area contributed by atoms with E-state index in [2.05, 4.69) is 0 Å². The van der Waals surface area contributed by atoms with Gasteiger partial charge in [0.15, 0.2) is 0 Å². The summed E-state index contributed by atoms with van der Waals surface area (Å²) in [7, 11) is 1.33. The van der Waals surface area contributed by atoms with E-state index in [1.165, 1.54) is 19.2 Å². The maximum Gasteiger partial charge on any atom is 0.337 e. The number of benzene rings is 4. The van der Waals surface area contributed by atoms with Crippen molar-refractivity contribution in [2.24, 2.45) is 0 Å². The summed E-state index contributed by atoms with van der Waals surface area (Å²) in [4.78, 5) is 12.2. The van der Waals surface area contributed by atoms with E-state index in [0.717, 1.165) is 39.4 Å². The van der Waals surface area contributed by atoms with Crippen molar-refractivity contribution in [1.82, 2.24) is 4.57 Å². The highest BCUT2D eigenvalue weighted by Gasteiger charge is 2.30. The summed E-state index contributed by atoms with van der Waals surface area (Å²) < 4.78 is 61.2. The number of halogens is 3. The van der Waals surface area contributed by atoms with Crippen LogP contribution in [0.1, 0.15) is 52.4 Å². The first-order chi connectivity index (χ1) is 21.0. The van der Waals surface area contributed by atoms with Crippen molar-refractivity contribution in [3.63, 3.8) is 0 Å². The van der Waals surface area contributed by atoms with Crippen molar-refractivity contribution in [2.45, 2.75) is 31.8 Å². The molecule has 220 valence electrons. The minimum Gasteiger partial charge on any atom is -0.488 e. The summed E-state index contributed by atoms with van der Waals surface area (Å²) >= 11 is 0. The Kier molecular flexibility index (Phi) is 8.20. The number of aromatic nitrogens is 1. The Labute approximate surface area is 247 Å². The van der Waals surface area contributed by atoms with Crippen LogP contribution >= 0.6 is 0 Å². The minimum atomic E-state index is -2.97. The second-order valence-electron chi connectivity index (χ2n) is 10.5. The van der Waals surface area contributed by atoms with Crippen LogP contribution in [0.25, 0.3) is 27.7 Å². The maximum atomic E-state index is 14.5. The second-order valence-corrected chi connectivity index (χ2v) is 10.5. The van der Waals surface area contributed by atoms with Crippen LogP contribution in [0.5, 0.6) is 5.75 Å². The van der Waals surface area contributed by atoms with Crippen LogP contribution in [-0.2, 0) is 16.1 Å². The Morgan fingerprint density at radius 1 is 0.953 bits per heavy atom. The fourth-order valence-corrected chi connectivity index (χ4v) is 5.84. The number of hydrogen-bond acceptors (Lipinski definition) is 4. The molecule has 1 aliphatic heterocycles. The van der Waals surface area contributed by atoms with Gasteiger partial charge in [-0.1, -0.05) is 48.5 Å². The molecule has 6 rings (SSSR count). The van der Waals surface area contributed by atoms with Crippen LogP contribution < -0.4 is 4.74 Å². The van der Waals surface area contributed by atoms with Gasteiger partial charge in [-0.05, 0) is 66.4 Å². The van der Waals surface area contributed by atoms with Crippen LogP contribution in [-0.4, -0.2) is 30.9 Å². The molecule has 0 N–H and O–H groups in total. The lowest BCUT2D eigenvalue weighted by Crippen LogP contribution is -2.17. The number of nitrogens with zero attached hydrogens (tertiary/aromatic N) is 1. The molecule has 1 aliphatic rings. The van der Waals surface area contributed by atoms with E-state index in [1.54, 1.807) is 12.1 Å². The van der Waals surface area contributed by atoms with Gasteiger partial charge in [-0.15, -0.1) is 0 Å². The molecular formula is C35H30F3NO4. The highest BCUT2D eigenvalue weighted by molar-refractivity contribution is 6.04. The molecule has 0 spiro atoms. The van der Waals surface area contributed by atoms with E-state index in [0.29, 0.717) is 49.7 Å². The molecule has 0 amide bonds. The van der Waals surface area contributed by atoms with Gasteiger partial charge in [-0.25, -0.2) is 18.0 Å². The number of carbonyl (C=O) groups is 1. The molecular weight excluding hydrogens is 555 g/mol. The highest BCUT2D eigenvalue weighted by atomic mass is 19.3. The Hall–Kier alpha value is -4.56. The van der Waals surface area contributed by atoms with Crippen LogP contribution in [0.15, 0.2) is 91.0 Å². The third-order valence-electron chi connectivity index (χ3n) is 7.90. The van der Waals surface area contributed by atoms with Gasteiger partial charge in [0.25, 0.3) is 6.43 Å². The molecule has 0 atom stereocenters. The molecule has 0 bridgehead atoms. The Bertz CT molecular complexity index is 1740. The zero-order valence-corrected chi connectivity index (χ0v) is 23.6. The molecule has 8 heteroatoms. The Morgan fingerprint density at radius 2 is 1.70 bits per heavy atom. The first kappa shape index (κ1) is 28.6. The highest BCUT2D eigenvalue weighted by Crippen LogP contribution is 2.47. The minimum absolute atomic E-state index is 0.0125. The van der Waals surface area contributed by atoms with E-state index in [9.17, 15) is 18.0 Å². The SMILES string of the molecule is COC(=O)c1ccc(-c2c(C3CCOCC3)n(-c3ccc(F)c(C(F)F)c3)c3cccc(OCc4ccccc4)c23)cc1. The molecule has 1 fully saturated rings. The summed E-state index contributed by atoms with van der Waals surface area (Å²) in [5, 5.41) is 0.800. The molecule has 0 radical (unpaired) electrons. The number of esters is 1. The number of fused-ring (bicyclic) bond motifs is 1. The number of hydrogen-bond donors (Lipinski definition) is 0. The average molecular weight is 586 g/mol. The molecule has 0 aliphatic carbocycles. The first-order valence-corrected chi connectivity index (χ1v) is 14.1. The lowest BCUT2D eigenvalue weighted by atomic mass is 9.89. The van der Waals surface area contributed by atoms with Crippen molar-refractivity contribution in [2.75, 3.05) is 20.3 Å². The number of carbonyl (C=O) groups excluding carboxylic acids is 1. The summed E-state index contributed by atoms with van der Waals surface area (Å²) in [6, 6.07) is 26.5. The summed E-state index contributed by atoms with van der Waals surface area (Å²) in [5.41, 5.74) is 4.50. The second kappa shape index (κ2) is 12.4. The van der Waals surface area contributed by atoms with Gasteiger partial charge in [0.2, 0.25) is 0 Å². The van der Waals surface area contributed by atoms with E-state index in [1.807, 2.05) is 65.2 Å². The zero-order chi connectivity index (χ0) is 29.9. The van der Waals surface area contributed by atoms with Crippen molar-refractivity contribution in [3.05, 3.63) is 119 Å². The average Bonchev–Trinajstić information content (AvgIpc) is 3.40. The Morgan fingerprint density at radius 3 is 2.40 bits per heavy atom. The van der Waals surface area contributed by atoms with E-state index >= 15 is 0 Å². The predicted octanol–water partition coefficient (Wildman–Crippen LogP) is 8.63. The van der Waals surface area contributed by atoms with Crippen molar-refractivity contribution in [1.29, 1.82) is 0 Å². The molecule has 5 nitrogen and oxygen atoms in total. The molecule has 43 heavy (non-hydrogen) atoms. The van der Waals surface area contributed by atoms with E-state index in [-0.39, 0.29) is 5.92 Å². The van der Waals surface area contributed by atoms with Gasteiger partial charge in [0.1, 0.15) is 18.2 Å². The van der Waals surface area contributed by atoms with Gasteiger partial charge < -0.3 is 18.8 Å². The summed E-state index contributed by atoms with van der Waals surface area (Å²) in [6.07, 6.45) is -1.54. The van der Waals surface area contributed by atoms with Crippen molar-refractivity contribution in [3.8, 4) is 22.6 Å². The fourth-order valence-electron chi connectivity index (χ4n) is 5.84. The third kappa shape index (κ3) is 5.62. The molecule has 5 aromatic rings. The molecule has 2 heterocycles. The normalized spacial score (nSPS) is 13.9. The molecule has 1 saturated heterocycles. The smallest absolute Gasteiger partial charge is 0.337 e. The summed E-state index contributed by atoms with van der Waals surface area (Å²) in [5.74, 6) is -0.764. The number of methoxy groups -OCH3 is 1. The quantitative estimate of drug-likeness (QED) is 0.171. The lowest BCUT2D eigenvalue weighted by Gasteiger charge is -2.26. The van der Waals surface area contributed by atoms with Crippen molar-refractivity contribution < 1.29 is 32.2 Å². The van der Waals surface area contributed by atoms with Crippen LogP contribution in [0.3, 0.4) is 0 Å². The third-order valence-corrected chi connectivity index (χ3v) is 7.90. The largest absolute Gasteiger partial charge is 0.488 e. The molecule has 0 unspecified atom stereocenters. The van der Waals surface area contributed by atoms with Crippen LogP contribution in [0.4, 0.5) is 13.2 Å². The zero-order valence-electron chi connectivity index (χ0n) is 23.6. The number of ether oxygens (including phenoxy) is 3. The standard InChI is InChI=1S/C35H30F3NO4/c1-41-35(40)25-12-10-23(11-13-25)31-32-29(8-5-9-30(32)43-21-22-6-3-2-4-7-22)39(33(31)24-16-18-42-19-17-24)26-14-15-28(36)27(20-26)34(37)38/h2-15,20,24,34H,16-19,21H2,1H3. The fraction of sp³-hybridized carbons (Fsp3) is 0.229.